The molecule has 5 nitrogen and oxygen atoms in total. The predicted octanol–water partition coefficient (Wildman–Crippen LogP) is 0.800. The number of nitrogens with two attached hydrogens (primary N) is 1. The van der Waals surface area contributed by atoms with Crippen LogP contribution in [-0.2, 0) is 4.79 Å². The first-order valence-corrected chi connectivity index (χ1v) is 6.34. The molecule has 1 aromatic rings. The summed E-state index contributed by atoms with van der Waals surface area (Å²) in [5, 5.41) is 6.06. The van der Waals surface area contributed by atoms with Gasteiger partial charge < -0.3 is 16.4 Å². The number of anilines is 1. The number of rotatable bonds is 6. The monoisotopic (exact) mass is 248 g/mol. The molecule has 0 unspecified atom stereocenters. The zero-order valence-corrected chi connectivity index (χ0v) is 10.7. The van der Waals surface area contributed by atoms with Crippen LogP contribution in [0, 0.1) is 6.92 Å². The van der Waals surface area contributed by atoms with Gasteiger partial charge in [0, 0.05) is 19.3 Å². The zero-order chi connectivity index (χ0) is 13.0. The van der Waals surface area contributed by atoms with E-state index in [0.717, 1.165) is 37.2 Å². The van der Waals surface area contributed by atoms with Gasteiger partial charge in [0.15, 0.2) is 0 Å². The van der Waals surface area contributed by atoms with Gasteiger partial charge >= 0.3 is 0 Å². The maximum Gasteiger partial charge on any atom is 0.240 e. The van der Waals surface area contributed by atoms with Crippen molar-refractivity contribution in [2.45, 2.75) is 31.7 Å². The number of hydrogen-bond donors (Lipinski definition) is 3. The Morgan fingerprint density at radius 1 is 1.44 bits per heavy atom. The molecule has 1 aliphatic carbocycles. The van der Waals surface area contributed by atoms with Crippen LogP contribution in [0.3, 0.4) is 0 Å². The Morgan fingerprint density at radius 2 is 2.22 bits per heavy atom. The van der Waals surface area contributed by atoms with Gasteiger partial charge in [-0.15, -0.1) is 0 Å². The van der Waals surface area contributed by atoms with Crippen molar-refractivity contribution in [3.8, 4) is 0 Å². The van der Waals surface area contributed by atoms with E-state index >= 15 is 0 Å². The molecule has 18 heavy (non-hydrogen) atoms. The fourth-order valence-corrected chi connectivity index (χ4v) is 1.62. The second-order valence-electron chi connectivity index (χ2n) is 4.91. The average Bonchev–Trinajstić information content (AvgIpc) is 3.10. The highest BCUT2D eigenvalue weighted by Crippen LogP contribution is 2.31. The van der Waals surface area contributed by atoms with E-state index in [1.807, 2.05) is 25.3 Å². The lowest BCUT2D eigenvalue weighted by Gasteiger charge is -2.10. The molecule has 1 amide bonds. The van der Waals surface area contributed by atoms with E-state index in [4.69, 9.17) is 5.73 Å². The third-order valence-corrected chi connectivity index (χ3v) is 3.10. The number of pyridine rings is 1. The van der Waals surface area contributed by atoms with Crippen LogP contribution >= 0.6 is 0 Å². The zero-order valence-electron chi connectivity index (χ0n) is 10.7. The summed E-state index contributed by atoms with van der Waals surface area (Å²) in [6, 6.07) is 3.97. The Hall–Kier alpha value is -1.62. The Balaban J connectivity index is 1.58. The Labute approximate surface area is 107 Å². The molecule has 0 bridgehead atoms. The highest BCUT2D eigenvalue weighted by molar-refractivity contribution is 5.88. The summed E-state index contributed by atoms with van der Waals surface area (Å²) in [6.07, 6.45) is 4.31. The number of nitrogens with zero attached hydrogens (tertiary/aromatic N) is 1. The van der Waals surface area contributed by atoms with E-state index in [-0.39, 0.29) is 5.91 Å². The van der Waals surface area contributed by atoms with Crippen molar-refractivity contribution < 1.29 is 4.79 Å². The molecule has 98 valence electrons. The molecule has 1 aliphatic rings. The van der Waals surface area contributed by atoms with Crippen molar-refractivity contribution in [3.05, 3.63) is 23.9 Å². The van der Waals surface area contributed by atoms with E-state index in [0.29, 0.717) is 6.54 Å². The molecule has 1 fully saturated rings. The molecule has 0 aromatic carbocycles. The highest BCUT2D eigenvalue weighted by Gasteiger charge is 2.45. The molecule has 0 saturated heterocycles. The molecular formula is C13H20N4O. The fraction of sp³-hybridized carbons (Fsp3) is 0.538. The first-order chi connectivity index (χ1) is 8.60. The predicted molar refractivity (Wildman–Crippen MR) is 71.2 cm³/mol. The van der Waals surface area contributed by atoms with Gasteiger partial charge in [-0.05, 0) is 37.8 Å². The second-order valence-corrected chi connectivity index (χ2v) is 4.91. The van der Waals surface area contributed by atoms with Gasteiger partial charge in [0.2, 0.25) is 5.91 Å². The molecule has 5 heteroatoms. The highest BCUT2D eigenvalue weighted by atomic mass is 16.2. The largest absolute Gasteiger partial charge is 0.370 e. The third kappa shape index (κ3) is 3.43. The molecule has 2 rings (SSSR count). The van der Waals surface area contributed by atoms with Crippen molar-refractivity contribution >= 4 is 11.7 Å². The minimum Gasteiger partial charge on any atom is -0.370 e. The van der Waals surface area contributed by atoms with E-state index < -0.39 is 5.54 Å². The van der Waals surface area contributed by atoms with Crippen molar-refractivity contribution in [1.29, 1.82) is 0 Å². The number of carbonyl (C=O) groups excluding carboxylic acids is 1. The molecule has 0 spiro atoms. The van der Waals surface area contributed by atoms with Gasteiger partial charge in [-0.25, -0.2) is 4.98 Å². The molecule has 4 N–H and O–H groups in total. The number of aryl methyl sites for hydroxylation is 1. The van der Waals surface area contributed by atoms with Crippen LogP contribution < -0.4 is 16.4 Å². The van der Waals surface area contributed by atoms with Crippen molar-refractivity contribution in [1.82, 2.24) is 10.3 Å². The molecule has 0 radical (unpaired) electrons. The lowest BCUT2D eigenvalue weighted by atomic mass is 10.2. The maximum absolute atomic E-state index is 11.5. The van der Waals surface area contributed by atoms with Gasteiger partial charge in [0.25, 0.3) is 0 Å². The van der Waals surface area contributed by atoms with E-state index in [1.54, 1.807) is 0 Å². The number of hydrogen-bond acceptors (Lipinski definition) is 4. The summed E-state index contributed by atoms with van der Waals surface area (Å²) in [6.45, 7) is 3.44. The van der Waals surface area contributed by atoms with Gasteiger partial charge in [0.1, 0.15) is 5.82 Å². The van der Waals surface area contributed by atoms with Crippen molar-refractivity contribution in [3.63, 3.8) is 0 Å². The average molecular weight is 248 g/mol. The lowest BCUT2D eigenvalue weighted by molar-refractivity contribution is -0.123. The van der Waals surface area contributed by atoms with Crippen molar-refractivity contribution in [2.24, 2.45) is 5.73 Å². The Kier molecular flexibility index (Phi) is 3.81. The minimum atomic E-state index is -0.564. The summed E-state index contributed by atoms with van der Waals surface area (Å²) in [5.41, 5.74) is 6.35. The molecule has 0 aliphatic heterocycles. The number of amides is 1. The van der Waals surface area contributed by atoms with E-state index in [9.17, 15) is 4.79 Å². The Bertz CT molecular complexity index is 412. The van der Waals surface area contributed by atoms with Gasteiger partial charge in [0.05, 0.1) is 5.54 Å². The fourth-order valence-electron chi connectivity index (χ4n) is 1.62. The molecule has 1 aromatic heterocycles. The molecule has 1 saturated carbocycles. The van der Waals surface area contributed by atoms with Crippen LogP contribution in [0.2, 0.25) is 0 Å². The van der Waals surface area contributed by atoms with Crippen molar-refractivity contribution in [2.75, 3.05) is 18.4 Å². The first kappa shape index (κ1) is 12.8. The summed E-state index contributed by atoms with van der Waals surface area (Å²) < 4.78 is 0. The van der Waals surface area contributed by atoms with E-state index in [1.165, 1.54) is 0 Å². The van der Waals surface area contributed by atoms with Crippen LogP contribution in [-0.4, -0.2) is 29.5 Å². The maximum atomic E-state index is 11.5. The molecule has 0 atom stereocenters. The van der Waals surface area contributed by atoms with Gasteiger partial charge in [-0.1, -0.05) is 6.07 Å². The van der Waals surface area contributed by atoms with Crippen LogP contribution in [0.4, 0.5) is 5.82 Å². The number of carbonyl (C=O) groups is 1. The summed E-state index contributed by atoms with van der Waals surface area (Å²) in [7, 11) is 0. The lowest BCUT2D eigenvalue weighted by Crippen LogP contribution is -2.43. The standard InChI is InChI=1S/C13H20N4O/c1-10-3-4-11(17-9-10)15-7-2-8-16-12(18)13(14)5-6-13/h3-4,9H,2,5-8,14H2,1H3,(H,15,17)(H,16,18). The van der Waals surface area contributed by atoms with Crippen LogP contribution in [0.15, 0.2) is 18.3 Å². The van der Waals surface area contributed by atoms with Gasteiger partial charge in [-0.3, -0.25) is 4.79 Å². The van der Waals surface area contributed by atoms with Gasteiger partial charge in [-0.2, -0.15) is 0 Å². The first-order valence-electron chi connectivity index (χ1n) is 6.34. The third-order valence-electron chi connectivity index (χ3n) is 3.10. The molecule has 1 heterocycles. The minimum absolute atomic E-state index is 0.0176. The van der Waals surface area contributed by atoms with E-state index in [2.05, 4.69) is 15.6 Å². The van der Waals surface area contributed by atoms with Crippen LogP contribution in [0.1, 0.15) is 24.8 Å². The Morgan fingerprint density at radius 3 is 2.83 bits per heavy atom. The smallest absolute Gasteiger partial charge is 0.240 e. The summed E-state index contributed by atoms with van der Waals surface area (Å²) >= 11 is 0. The number of nitrogens with one attached hydrogen (secondary N) is 2. The molecular weight excluding hydrogens is 228 g/mol. The summed E-state index contributed by atoms with van der Waals surface area (Å²) in [4.78, 5) is 15.8. The second kappa shape index (κ2) is 5.35. The van der Waals surface area contributed by atoms with Crippen LogP contribution in [0.25, 0.3) is 0 Å². The van der Waals surface area contributed by atoms with Crippen LogP contribution in [0.5, 0.6) is 0 Å². The quantitative estimate of drug-likeness (QED) is 0.651. The normalized spacial score (nSPS) is 16.1. The topological polar surface area (TPSA) is 80.0 Å². The summed E-state index contributed by atoms with van der Waals surface area (Å²) in [5.74, 6) is 0.848. The SMILES string of the molecule is Cc1ccc(NCCCNC(=O)C2(N)CC2)nc1. The number of aromatic nitrogens is 1.